The summed E-state index contributed by atoms with van der Waals surface area (Å²) in [5, 5.41) is 2.76. The molecular formula is C15H16F3N2OPS. The van der Waals surface area contributed by atoms with Crippen LogP contribution in [0.25, 0.3) is 0 Å². The van der Waals surface area contributed by atoms with Gasteiger partial charge in [0.2, 0.25) is 7.29 Å². The van der Waals surface area contributed by atoms with Crippen LogP contribution in [0.3, 0.4) is 0 Å². The molecule has 1 aromatic carbocycles. The van der Waals surface area contributed by atoms with Crippen LogP contribution >= 0.6 is 18.6 Å². The fraction of sp³-hybridized carbons (Fsp3) is 0.400. The van der Waals surface area contributed by atoms with Crippen LogP contribution in [0, 0.1) is 0 Å². The number of alkyl halides is 3. The monoisotopic (exact) mass is 360 g/mol. The Bertz CT molecular complexity index is 749. The summed E-state index contributed by atoms with van der Waals surface area (Å²) in [6.07, 6.45) is -0.420. The van der Waals surface area contributed by atoms with Gasteiger partial charge in [-0.1, -0.05) is 6.07 Å². The first-order valence-electron chi connectivity index (χ1n) is 7.28. The number of aryl methyl sites for hydroxylation is 2. The average Bonchev–Trinajstić information content (AvgIpc) is 2.91. The summed E-state index contributed by atoms with van der Waals surface area (Å²) >= 11 is 1.41. The Balaban J connectivity index is 1.86. The number of nitrogens with one attached hydrogen (secondary N) is 1. The lowest BCUT2D eigenvalue weighted by Crippen LogP contribution is -2.11. The highest BCUT2D eigenvalue weighted by molar-refractivity contribution is 7.77. The Morgan fingerprint density at radius 2 is 2.00 bits per heavy atom. The molecular weight excluding hydrogens is 344 g/mol. The first kappa shape index (κ1) is 16.5. The molecule has 8 heteroatoms. The van der Waals surface area contributed by atoms with Gasteiger partial charge in [0.05, 0.1) is 11.3 Å². The molecule has 1 heterocycles. The van der Waals surface area contributed by atoms with Crippen molar-refractivity contribution in [3.05, 3.63) is 40.4 Å². The molecule has 0 saturated carbocycles. The summed E-state index contributed by atoms with van der Waals surface area (Å²) in [5.41, 5.74) is 0.420. The Hall–Kier alpha value is -1.33. The third-order valence-corrected chi connectivity index (χ3v) is 7.53. The van der Waals surface area contributed by atoms with E-state index in [4.69, 9.17) is 0 Å². The number of anilines is 1. The van der Waals surface area contributed by atoms with E-state index in [1.165, 1.54) is 30.1 Å². The Labute approximate surface area is 136 Å². The van der Waals surface area contributed by atoms with E-state index in [0.29, 0.717) is 4.75 Å². The molecule has 0 unspecified atom stereocenters. The van der Waals surface area contributed by atoms with Crippen molar-refractivity contribution in [3.63, 3.8) is 0 Å². The summed E-state index contributed by atoms with van der Waals surface area (Å²) in [6, 6.07) is 4.76. The van der Waals surface area contributed by atoms with Gasteiger partial charge >= 0.3 is 6.18 Å². The van der Waals surface area contributed by atoms with Crippen LogP contribution in [0.4, 0.5) is 18.9 Å². The van der Waals surface area contributed by atoms with E-state index in [0.717, 1.165) is 48.4 Å². The largest absolute Gasteiger partial charge is 0.416 e. The maximum absolute atomic E-state index is 12.9. The van der Waals surface area contributed by atoms with Gasteiger partial charge in [0.15, 0.2) is 4.75 Å². The molecule has 1 aliphatic carbocycles. The van der Waals surface area contributed by atoms with Crippen molar-refractivity contribution in [1.82, 2.24) is 4.98 Å². The lowest BCUT2D eigenvalue weighted by Gasteiger charge is -2.15. The molecule has 3 nitrogen and oxygen atoms in total. The molecule has 0 bridgehead atoms. The van der Waals surface area contributed by atoms with E-state index < -0.39 is 19.0 Å². The van der Waals surface area contributed by atoms with Gasteiger partial charge < -0.3 is 5.09 Å². The SMILES string of the molecule is C[P@@](=O)(Nc1cccc(C(F)(F)F)c1)c1nc2c(s1)CCCC2. The summed E-state index contributed by atoms with van der Waals surface area (Å²) in [5.74, 6) is 0. The van der Waals surface area contributed by atoms with Crippen LogP contribution in [0.1, 0.15) is 29.0 Å². The topological polar surface area (TPSA) is 42.0 Å². The van der Waals surface area contributed by atoms with Gasteiger partial charge in [0, 0.05) is 17.2 Å². The maximum Gasteiger partial charge on any atom is 0.416 e. The average molecular weight is 360 g/mol. The van der Waals surface area contributed by atoms with E-state index in [-0.39, 0.29) is 5.69 Å². The van der Waals surface area contributed by atoms with Crippen LogP contribution in [0.5, 0.6) is 0 Å². The third-order valence-electron chi connectivity index (χ3n) is 3.73. The van der Waals surface area contributed by atoms with Crippen LogP contribution in [-0.2, 0) is 23.6 Å². The molecule has 0 amide bonds. The van der Waals surface area contributed by atoms with Crippen molar-refractivity contribution in [2.45, 2.75) is 31.9 Å². The quantitative estimate of drug-likeness (QED) is 0.808. The molecule has 1 aromatic heterocycles. The zero-order chi connectivity index (χ0) is 16.7. The number of fused-ring (bicyclic) bond motifs is 1. The van der Waals surface area contributed by atoms with E-state index in [9.17, 15) is 17.7 Å². The number of benzene rings is 1. The van der Waals surface area contributed by atoms with Gasteiger partial charge in [-0.2, -0.15) is 13.2 Å². The summed E-state index contributed by atoms with van der Waals surface area (Å²) in [6.45, 7) is 1.51. The third kappa shape index (κ3) is 3.61. The summed E-state index contributed by atoms with van der Waals surface area (Å²) in [7, 11) is -3.05. The molecule has 2 aromatic rings. The van der Waals surface area contributed by atoms with Gasteiger partial charge in [0.25, 0.3) is 0 Å². The van der Waals surface area contributed by atoms with E-state index in [2.05, 4.69) is 10.1 Å². The molecule has 1 aliphatic rings. The number of aromatic nitrogens is 1. The van der Waals surface area contributed by atoms with Crippen molar-refractivity contribution < 1.29 is 17.7 Å². The van der Waals surface area contributed by atoms with Crippen LogP contribution < -0.4 is 9.84 Å². The zero-order valence-corrected chi connectivity index (χ0v) is 14.2. The van der Waals surface area contributed by atoms with Crippen LogP contribution in [0.15, 0.2) is 24.3 Å². The maximum atomic E-state index is 12.9. The van der Waals surface area contributed by atoms with Gasteiger partial charge in [-0.15, -0.1) is 11.3 Å². The predicted molar refractivity (Wildman–Crippen MR) is 87.0 cm³/mol. The van der Waals surface area contributed by atoms with Crippen LogP contribution in [-0.4, -0.2) is 11.6 Å². The highest BCUT2D eigenvalue weighted by Crippen LogP contribution is 2.43. The minimum absolute atomic E-state index is 0.193. The minimum atomic E-state index is -4.42. The van der Waals surface area contributed by atoms with E-state index in [1.807, 2.05) is 0 Å². The van der Waals surface area contributed by atoms with Crippen LogP contribution in [0.2, 0.25) is 0 Å². The second-order valence-corrected chi connectivity index (χ2v) is 9.57. The molecule has 0 radical (unpaired) electrons. The number of rotatable bonds is 3. The number of hydrogen-bond donors (Lipinski definition) is 1. The Morgan fingerprint density at radius 1 is 1.26 bits per heavy atom. The molecule has 0 saturated heterocycles. The zero-order valence-electron chi connectivity index (χ0n) is 12.5. The van der Waals surface area contributed by atoms with E-state index >= 15 is 0 Å². The predicted octanol–water partition coefficient (Wildman–Crippen LogP) is 4.69. The van der Waals surface area contributed by atoms with Crippen molar-refractivity contribution in [2.24, 2.45) is 0 Å². The fourth-order valence-electron chi connectivity index (χ4n) is 2.58. The van der Waals surface area contributed by atoms with Crippen molar-refractivity contribution in [1.29, 1.82) is 0 Å². The summed E-state index contributed by atoms with van der Waals surface area (Å²) < 4.78 is 51.7. The smallest absolute Gasteiger partial charge is 0.331 e. The molecule has 0 aliphatic heterocycles. The Morgan fingerprint density at radius 3 is 2.70 bits per heavy atom. The van der Waals surface area contributed by atoms with Gasteiger partial charge in [0.1, 0.15) is 0 Å². The Kier molecular flexibility index (Phi) is 4.27. The molecule has 0 spiro atoms. The first-order chi connectivity index (χ1) is 10.8. The molecule has 3 rings (SSSR count). The second-order valence-electron chi connectivity index (χ2n) is 5.69. The number of halogens is 3. The van der Waals surface area contributed by atoms with E-state index in [1.54, 1.807) is 0 Å². The molecule has 1 atom stereocenters. The first-order valence-corrected chi connectivity index (χ1v) is 10.2. The fourth-order valence-corrected chi connectivity index (χ4v) is 5.67. The van der Waals surface area contributed by atoms with Gasteiger partial charge in [-0.3, -0.25) is 4.57 Å². The van der Waals surface area contributed by atoms with Crippen molar-refractivity contribution in [2.75, 3.05) is 11.8 Å². The number of nitrogens with zero attached hydrogens (tertiary/aromatic N) is 1. The number of thiazole rings is 1. The lowest BCUT2D eigenvalue weighted by molar-refractivity contribution is -0.137. The van der Waals surface area contributed by atoms with Crippen molar-refractivity contribution >= 4 is 29.1 Å². The molecule has 1 N–H and O–H groups in total. The van der Waals surface area contributed by atoms with Gasteiger partial charge in [-0.25, -0.2) is 4.98 Å². The molecule has 0 fully saturated rings. The standard InChI is InChI=1S/C15H16F3N2OPS/c1-22(21,14-19-12-7-2-3-8-13(12)23-14)20-11-6-4-5-10(9-11)15(16,17)18/h4-6,9H,2-3,7-8H2,1H3,(H,20,21)/t22-/m0/s1. The highest BCUT2D eigenvalue weighted by Gasteiger charge is 2.31. The molecule has 23 heavy (non-hydrogen) atoms. The minimum Gasteiger partial charge on any atom is -0.331 e. The van der Waals surface area contributed by atoms with Gasteiger partial charge in [-0.05, 0) is 43.9 Å². The summed E-state index contributed by atoms with van der Waals surface area (Å²) in [4.78, 5) is 5.61. The van der Waals surface area contributed by atoms with Crippen molar-refractivity contribution in [3.8, 4) is 0 Å². The number of hydrogen-bond acceptors (Lipinski definition) is 3. The lowest BCUT2D eigenvalue weighted by atomic mass is 10.0. The molecule has 124 valence electrons. The second kappa shape index (κ2) is 5.95. The highest BCUT2D eigenvalue weighted by atomic mass is 32.1. The normalized spacial score (nSPS) is 17.4.